The third-order valence-electron chi connectivity index (χ3n) is 4.10. The average molecular weight is 380 g/mol. The lowest BCUT2D eigenvalue weighted by Gasteiger charge is -2.29. The predicted octanol–water partition coefficient (Wildman–Crippen LogP) is 2.32. The maximum absolute atomic E-state index is 12.6. The normalized spacial score (nSPS) is 14.1. The molecule has 2 heterocycles. The van der Waals surface area contributed by atoms with Gasteiger partial charge in [-0.25, -0.2) is 13.1 Å². The van der Waals surface area contributed by atoms with E-state index < -0.39 is 10.0 Å². The molecule has 0 saturated heterocycles. The van der Waals surface area contributed by atoms with Gasteiger partial charge in [-0.15, -0.1) is 11.3 Å². The van der Waals surface area contributed by atoms with E-state index in [1.807, 2.05) is 18.4 Å². The van der Waals surface area contributed by atoms with Gasteiger partial charge in [0.2, 0.25) is 15.9 Å². The van der Waals surface area contributed by atoms with E-state index in [1.54, 1.807) is 17.4 Å². The van der Waals surface area contributed by atoms with Crippen molar-refractivity contribution in [1.82, 2.24) is 4.72 Å². The Morgan fingerprint density at radius 1 is 1.36 bits per heavy atom. The molecule has 1 amide bonds. The van der Waals surface area contributed by atoms with Crippen molar-refractivity contribution in [1.29, 1.82) is 0 Å². The molecule has 1 aliphatic rings. The first kappa shape index (κ1) is 17.9. The first-order chi connectivity index (χ1) is 11.9. The Bertz CT molecular complexity index is 890. The molecule has 0 bridgehead atoms. The highest BCUT2D eigenvalue weighted by atomic mass is 32.2. The third kappa shape index (κ3) is 3.86. The fraction of sp³-hybridized carbons (Fsp3) is 0.353. The number of fused-ring (bicyclic) bond motifs is 1. The number of aryl methyl sites for hydroxylation is 1. The highest BCUT2D eigenvalue weighted by Gasteiger charge is 2.24. The molecule has 1 aromatic carbocycles. The summed E-state index contributed by atoms with van der Waals surface area (Å²) in [4.78, 5) is 14.6. The molecule has 0 aliphatic carbocycles. The molecule has 0 atom stereocenters. The molecule has 25 heavy (non-hydrogen) atoms. The number of amides is 1. The number of thiophene rings is 1. The Labute approximate surface area is 151 Å². The van der Waals surface area contributed by atoms with Crippen LogP contribution in [0.4, 0.5) is 5.69 Å². The number of carbonyl (C=O) groups is 1. The number of ether oxygens (including phenoxy) is 1. The zero-order valence-electron chi connectivity index (χ0n) is 14.1. The molecule has 6 nitrogen and oxygen atoms in total. The van der Waals surface area contributed by atoms with Crippen LogP contribution in [0.2, 0.25) is 0 Å². The Morgan fingerprint density at radius 2 is 2.16 bits per heavy atom. The van der Waals surface area contributed by atoms with Crippen molar-refractivity contribution in [3.05, 3.63) is 40.1 Å². The van der Waals surface area contributed by atoms with Gasteiger partial charge in [0.15, 0.2) is 0 Å². The first-order valence-electron chi connectivity index (χ1n) is 7.96. The third-order valence-corrected chi connectivity index (χ3v) is 6.64. The van der Waals surface area contributed by atoms with Gasteiger partial charge in [-0.1, -0.05) is 0 Å². The van der Waals surface area contributed by atoms with Crippen LogP contribution in [0, 0.1) is 6.92 Å². The molecular formula is C17H20N2O4S2. The highest BCUT2D eigenvalue weighted by Crippen LogP contribution is 2.33. The topological polar surface area (TPSA) is 75.7 Å². The zero-order chi connectivity index (χ0) is 18.0. The molecule has 0 saturated carbocycles. The fourth-order valence-corrected chi connectivity index (χ4v) is 4.70. The number of hydrogen-bond donors (Lipinski definition) is 1. The molecule has 3 rings (SSSR count). The second-order valence-electron chi connectivity index (χ2n) is 5.82. The van der Waals surface area contributed by atoms with Gasteiger partial charge >= 0.3 is 0 Å². The van der Waals surface area contributed by atoms with E-state index in [2.05, 4.69) is 4.72 Å². The summed E-state index contributed by atoms with van der Waals surface area (Å²) in [5.41, 5.74) is 1.67. The van der Waals surface area contributed by atoms with Crippen LogP contribution in [0.25, 0.3) is 0 Å². The van der Waals surface area contributed by atoms with Gasteiger partial charge in [0.25, 0.3) is 0 Å². The van der Waals surface area contributed by atoms with Crippen molar-refractivity contribution in [2.75, 3.05) is 24.6 Å². The largest absolute Gasteiger partial charge is 0.490 e. The quantitative estimate of drug-likeness (QED) is 0.864. The molecule has 134 valence electrons. The maximum atomic E-state index is 12.6. The van der Waals surface area contributed by atoms with Gasteiger partial charge in [-0.3, -0.25) is 4.79 Å². The Hall–Kier alpha value is -1.90. The minimum Gasteiger partial charge on any atom is -0.490 e. The van der Waals surface area contributed by atoms with E-state index in [0.717, 1.165) is 0 Å². The summed E-state index contributed by atoms with van der Waals surface area (Å²) in [5, 5.41) is 2.00. The van der Waals surface area contributed by atoms with Crippen LogP contribution in [-0.2, 0) is 21.2 Å². The van der Waals surface area contributed by atoms with E-state index in [1.165, 1.54) is 34.4 Å². The van der Waals surface area contributed by atoms with Gasteiger partial charge in [0.05, 0.1) is 17.1 Å². The number of sulfonamides is 1. The van der Waals surface area contributed by atoms with Crippen LogP contribution in [0.15, 0.2) is 34.5 Å². The van der Waals surface area contributed by atoms with Crippen LogP contribution in [0.3, 0.4) is 0 Å². The Morgan fingerprint density at radius 3 is 2.84 bits per heavy atom. The monoisotopic (exact) mass is 380 g/mol. The lowest BCUT2D eigenvalue weighted by atomic mass is 10.2. The highest BCUT2D eigenvalue weighted by molar-refractivity contribution is 7.89. The minimum atomic E-state index is -3.65. The van der Waals surface area contributed by atoms with Crippen LogP contribution in [0.1, 0.15) is 17.4 Å². The number of rotatable bonds is 5. The summed E-state index contributed by atoms with van der Waals surface area (Å²) in [5.74, 6) is 0.384. The second-order valence-corrected chi connectivity index (χ2v) is 8.59. The maximum Gasteiger partial charge on any atom is 0.240 e. The molecule has 0 unspecified atom stereocenters. The van der Waals surface area contributed by atoms with Gasteiger partial charge in [0, 0.05) is 18.3 Å². The number of anilines is 1. The van der Waals surface area contributed by atoms with E-state index in [-0.39, 0.29) is 10.8 Å². The van der Waals surface area contributed by atoms with Crippen molar-refractivity contribution < 1.29 is 17.9 Å². The number of hydrogen-bond acceptors (Lipinski definition) is 5. The Balaban J connectivity index is 1.77. The summed E-state index contributed by atoms with van der Waals surface area (Å²) in [6.07, 6.45) is 0.649. The summed E-state index contributed by atoms with van der Waals surface area (Å²) < 4.78 is 33.2. The number of nitrogens with one attached hydrogen (secondary N) is 1. The number of benzene rings is 1. The molecular weight excluding hydrogens is 360 g/mol. The van der Waals surface area contributed by atoms with E-state index >= 15 is 0 Å². The SMILES string of the molecule is CC(=O)N1CCOc2ccc(S(=O)(=O)NCCc3sccc3C)cc21. The molecule has 1 aliphatic heterocycles. The van der Waals surface area contributed by atoms with Crippen molar-refractivity contribution in [2.45, 2.75) is 25.2 Å². The van der Waals surface area contributed by atoms with Gasteiger partial charge in [-0.05, 0) is 48.6 Å². The summed E-state index contributed by atoms with van der Waals surface area (Å²) in [6, 6.07) is 6.62. The molecule has 1 N–H and O–H groups in total. The first-order valence-corrected chi connectivity index (χ1v) is 10.3. The van der Waals surface area contributed by atoms with Crippen molar-refractivity contribution in [3.63, 3.8) is 0 Å². The minimum absolute atomic E-state index is 0.130. The second kappa shape index (κ2) is 7.15. The van der Waals surface area contributed by atoms with Crippen molar-refractivity contribution >= 4 is 33.0 Å². The molecule has 0 radical (unpaired) electrons. The number of nitrogens with zero attached hydrogens (tertiary/aromatic N) is 1. The van der Waals surface area contributed by atoms with E-state index in [4.69, 9.17) is 4.74 Å². The lowest BCUT2D eigenvalue weighted by Crippen LogP contribution is -2.36. The number of carbonyl (C=O) groups excluding carboxylic acids is 1. The molecule has 0 fully saturated rings. The van der Waals surface area contributed by atoms with Crippen molar-refractivity contribution in [2.24, 2.45) is 0 Å². The smallest absolute Gasteiger partial charge is 0.240 e. The predicted molar refractivity (Wildman–Crippen MR) is 97.9 cm³/mol. The van der Waals surface area contributed by atoms with Gasteiger partial charge in [0.1, 0.15) is 12.4 Å². The van der Waals surface area contributed by atoms with Crippen molar-refractivity contribution in [3.8, 4) is 5.75 Å². The molecule has 2 aromatic rings. The van der Waals surface area contributed by atoms with Crippen LogP contribution in [-0.4, -0.2) is 34.0 Å². The van der Waals surface area contributed by atoms with Gasteiger partial charge < -0.3 is 9.64 Å². The van der Waals surface area contributed by atoms with Crippen LogP contribution < -0.4 is 14.4 Å². The molecule has 1 aromatic heterocycles. The summed E-state index contributed by atoms with van der Waals surface area (Å²) in [7, 11) is -3.65. The standard InChI is InChI=1S/C17H20N2O4S2/c1-12-6-10-24-17(12)5-7-18-25(21,22)14-3-4-16-15(11-14)19(13(2)20)8-9-23-16/h3-4,6,10-11,18H,5,7-9H2,1-2H3. The lowest BCUT2D eigenvalue weighted by molar-refractivity contribution is -0.116. The van der Waals surface area contributed by atoms with E-state index in [0.29, 0.717) is 37.6 Å². The summed E-state index contributed by atoms with van der Waals surface area (Å²) in [6.45, 7) is 4.61. The molecule has 0 spiro atoms. The van der Waals surface area contributed by atoms with Gasteiger partial charge in [-0.2, -0.15) is 0 Å². The fourth-order valence-electron chi connectivity index (χ4n) is 2.73. The molecule has 8 heteroatoms. The van der Waals surface area contributed by atoms with Crippen LogP contribution in [0.5, 0.6) is 5.75 Å². The van der Waals surface area contributed by atoms with E-state index in [9.17, 15) is 13.2 Å². The van der Waals surface area contributed by atoms with Crippen LogP contribution >= 0.6 is 11.3 Å². The summed E-state index contributed by atoms with van der Waals surface area (Å²) >= 11 is 1.62. The average Bonchev–Trinajstić information content (AvgIpc) is 2.98. The Kier molecular flexibility index (Phi) is 5.12. The zero-order valence-corrected chi connectivity index (χ0v) is 15.7.